The number of nitrogens with one attached hydrogen (secondary N) is 2. The summed E-state index contributed by atoms with van der Waals surface area (Å²) in [7, 11) is 0. The molecule has 4 amide bonds. The minimum atomic E-state index is -1.19. The van der Waals surface area contributed by atoms with E-state index in [1.54, 1.807) is 31.2 Å². The molecular weight excluding hydrogens is 358 g/mol. The molecule has 0 radical (unpaired) electrons. The summed E-state index contributed by atoms with van der Waals surface area (Å²) >= 11 is 0. The molecule has 1 aliphatic heterocycles. The maximum Gasteiger partial charge on any atom is 0.344 e. The molecule has 3 rings (SSSR count). The van der Waals surface area contributed by atoms with Gasteiger partial charge in [0.15, 0.2) is 6.61 Å². The van der Waals surface area contributed by atoms with Crippen LogP contribution in [0.1, 0.15) is 30.0 Å². The number of carbonyl (C=O) groups is 3. The van der Waals surface area contributed by atoms with Crippen LogP contribution in [0.3, 0.4) is 0 Å². The van der Waals surface area contributed by atoms with Gasteiger partial charge in [0.2, 0.25) is 0 Å². The Morgan fingerprint density at radius 2 is 1.75 bits per heavy atom. The highest BCUT2D eigenvalue weighted by atomic mass is 16.5. The van der Waals surface area contributed by atoms with Crippen LogP contribution in [-0.4, -0.2) is 29.5 Å². The number of nitrogens with zero attached hydrogens (tertiary/aromatic N) is 1. The minimum absolute atomic E-state index is 0.315. The van der Waals surface area contributed by atoms with E-state index in [-0.39, 0.29) is 6.61 Å². The van der Waals surface area contributed by atoms with E-state index in [1.165, 1.54) is 0 Å². The van der Waals surface area contributed by atoms with Crippen LogP contribution in [0.15, 0.2) is 48.5 Å². The molecule has 0 aliphatic carbocycles. The fourth-order valence-electron chi connectivity index (χ4n) is 3.36. The van der Waals surface area contributed by atoms with Crippen LogP contribution < -0.4 is 15.5 Å². The Morgan fingerprint density at radius 3 is 2.36 bits per heavy atom. The van der Waals surface area contributed by atoms with Crippen molar-refractivity contribution in [3.63, 3.8) is 0 Å². The van der Waals surface area contributed by atoms with Gasteiger partial charge in [0.25, 0.3) is 11.8 Å². The predicted molar refractivity (Wildman–Crippen MR) is 103 cm³/mol. The van der Waals surface area contributed by atoms with Crippen LogP contribution >= 0.6 is 0 Å². The van der Waals surface area contributed by atoms with Gasteiger partial charge in [-0.15, -0.1) is 0 Å². The zero-order chi connectivity index (χ0) is 20.3. The number of hydrogen-bond donors (Lipinski definition) is 2. The van der Waals surface area contributed by atoms with Crippen LogP contribution in [0.25, 0.3) is 0 Å². The first-order valence-corrected chi connectivity index (χ1v) is 9.08. The van der Waals surface area contributed by atoms with Crippen LogP contribution in [-0.2, 0) is 15.1 Å². The molecule has 7 nitrogen and oxygen atoms in total. The molecule has 1 saturated heterocycles. The first-order valence-electron chi connectivity index (χ1n) is 9.08. The van der Waals surface area contributed by atoms with Gasteiger partial charge in [0.1, 0.15) is 11.3 Å². The quantitative estimate of drug-likeness (QED) is 0.753. The Bertz CT molecular complexity index is 893. The van der Waals surface area contributed by atoms with Crippen molar-refractivity contribution >= 4 is 17.8 Å². The van der Waals surface area contributed by atoms with E-state index in [2.05, 4.69) is 10.7 Å². The van der Waals surface area contributed by atoms with Crippen molar-refractivity contribution in [1.82, 2.24) is 15.8 Å². The highest BCUT2D eigenvalue weighted by molar-refractivity contribution is 6.08. The summed E-state index contributed by atoms with van der Waals surface area (Å²) in [6, 6.07) is 13.9. The highest BCUT2D eigenvalue weighted by Gasteiger charge is 2.52. The lowest BCUT2D eigenvalue weighted by molar-refractivity contribution is -0.140. The third-order valence-electron chi connectivity index (χ3n) is 4.69. The van der Waals surface area contributed by atoms with Crippen molar-refractivity contribution in [3.8, 4) is 5.75 Å². The lowest BCUT2D eigenvalue weighted by Gasteiger charge is -2.25. The van der Waals surface area contributed by atoms with Crippen molar-refractivity contribution in [2.45, 2.75) is 32.7 Å². The van der Waals surface area contributed by atoms with Crippen LogP contribution in [0, 0.1) is 13.8 Å². The van der Waals surface area contributed by atoms with Crippen molar-refractivity contribution in [1.29, 1.82) is 0 Å². The minimum Gasteiger partial charge on any atom is -0.484 e. The van der Waals surface area contributed by atoms with Crippen molar-refractivity contribution in [3.05, 3.63) is 65.2 Å². The number of hydrazine groups is 1. The van der Waals surface area contributed by atoms with E-state index in [0.29, 0.717) is 17.7 Å². The summed E-state index contributed by atoms with van der Waals surface area (Å²) in [5.74, 6) is -0.564. The second-order valence-electron chi connectivity index (χ2n) is 6.84. The van der Waals surface area contributed by atoms with Gasteiger partial charge in [0.05, 0.1) is 0 Å². The van der Waals surface area contributed by atoms with Gasteiger partial charge in [-0.3, -0.25) is 15.0 Å². The normalized spacial score (nSPS) is 18.8. The van der Waals surface area contributed by atoms with Gasteiger partial charge >= 0.3 is 6.03 Å². The zero-order valence-corrected chi connectivity index (χ0v) is 16.1. The second-order valence-corrected chi connectivity index (χ2v) is 6.84. The molecule has 28 heavy (non-hydrogen) atoms. The molecular formula is C21H23N3O4. The molecule has 2 aromatic carbocycles. The standard InChI is InChI=1S/C21H23N3O4/c1-4-21(16-8-6-5-7-9-16)19(26)24(20(27)22-21)23-18(25)13-28-17-11-14(2)10-15(3)12-17/h5-12H,4,13H2,1-3H3,(H,22,27)(H,23,25)/t21-/m1/s1. The number of aryl methyl sites for hydroxylation is 2. The van der Waals surface area contributed by atoms with Gasteiger partial charge in [-0.05, 0) is 49.1 Å². The number of benzene rings is 2. The molecule has 0 saturated carbocycles. The van der Waals surface area contributed by atoms with Crippen molar-refractivity contribution in [2.24, 2.45) is 0 Å². The smallest absolute Gasteiger partial charge is 0.344 e. The van der Waals surface area contributed by atoms with E-state index < -0.39 is 23.4 Å². The van der Waals surface area contributed by atoms with E-state index in [9.17, 15) is 14.4 Å². The Morgan fingerprint density at radius 1 is 1.11 bits per heavy atom. The highest BCUT2D eigenvalue weighted by Crippen LogP contribution is 2.31. The monoisotopic (exact) mass is 381 g/mol. The molecule has 0 aromatic heterocycles. The summed E-state index contributed by atoms with van der Waals surface area (Å²) in [4.78, 5) is 37.6. The molecule has 1 atom stereocenters. The third kappa shape index (κ3) is 3.69. The SMILES string of the molecule is CC[C@]1(c2ccccc2)NC(=O)N(NC(=O)COc2cc(C)cc(C)c2)C1=O. The summed E-state index contributed by atoms with van der Waals surface area (Å²) in [5.41, 5.74) is 3.84. The number of urea groups is 1. The molecule has 2 N–H and O–H groups in total. The zero-order valence-electron chi connectivity index (χ0n) is 16.1. The molecule has 0 unspecified atom stereocenters. The average molecular weight is 381 g/mol. The van der Waals surface area contributed by atoms with Crippen LogP contribution in [0.4, 0.5) is 4.79 Å². The molecule has 1 heterocycles. The van der Waals surface area contributed by atoms with E-state index in [0.717, 1.165) is 16.1 Å². The Hall–Kier alpha value is -3.35. The summed E-state index contributed by atoms with van der Waals surface area (Å²) < 4.78 is 5.49. The van der Waals surface area contributed by atoms with E-state index in [1.807, 2.05) is 38.1 Å². The van der Waals surface area contributed by atoms with Gasteiger partial charge < -0.3 is 10.1 Å². The lowest BCUT2D eigenvalue weighted by Crippen LogP contribution is -2.49. The summed E-state index contributed by atoms with van der Waals surface area (Å²) in [5, 5.41) is 3.44. The van der Waals surface area contributed by atoms with Crippen LogP contribution in [0.2, 0.25) is 0 Å². The maximum absolute atomic E-state index is 13.0. The van der Waals surface area contributed by atoms with Crippen LogP contribution in [0.5, 0.6) is 5.75 Å². The number of amides is 4. The Balaban J connectivity index is 1.69. The van der Waals surface area contributed by atoms with Gasteiger partial charge in [-0.2, -0.15) is 5.01 Å². The van der Waals surface area contributed by atoms with Gasteiger partial charge in [-0.25, -0.2) is 4.79 Å². The lowest BCUT2D eigenvalue weighted by atomic mass is 9.87. The molecule has 146 valence electrons. The molecule has 2 aromatic rings. The number of hydrogen-bond acceptors (Lipinski definition) is 4. The maximum atomic E-state index is 13.0. The molecule has 0 spiro atoms. The summed E-state index contributed by atoms with van der Waals surface area (Å²) in [6.45, 7) is 5.35. The fraction of sp³-hybridized carbons (Fsp3) is 0.286. The summed E-state index contributed by atoms with van der Waals surface area (Å²) in [6.07, 6.45) is 0.354. The second kappa shape index (κ2) is 7.72. The van der Waals surface area contributed by atoms with Crippen molar-refractivity contribution < 1.29 is 19.1 Å². The number of imide groups is 1. The van der Waals surface area contributed by atoms with Gasteiger partial charge in [0, 0.05) is 0 Å². The molecule has 1 fully saturated rings. The first kappa shape index (κ1) is 19.4. The van der Waals surface area contributed by atoms with Crippen molar-refractivity contribution in [2.75, 3.05) is 6.61 Å². The number of carbonyl (C=O) groups excluding carboxylic acids is 3. The Labute approximate surface area is 163 Å². The Kier molecular flexibility index (Phi) is 5.35. The van der Waals surface area contributed by atoms with E-state index >= 15 is 0 Å². The molecule has 7 heteroatoms. The first-order chi connectivity index (χ1) is 13.4. The third-order valence-corrected chi connectivity index (χ3v) is 4.69. The largest absolute Gasteiger partial charge is 0.484 e. The predicted octanol–water partition coefficient (Wildman–Crippen LogP) is 2.57. The number of ether oxygens (including phenoxy) is 1. The molecule has 1 aliphatic rings. The van der Waals surface area contributed by atoms with Gasteiger partial charge in [-0.1, -0.05) is 43.3 Å². The fourth-order valence-corrected chi connectivity index (χ4v) is 3.36. The average Bonchev–Trinajstić information content (AvgIpc) is 2.91. The topological polar surface area (TPSA) is 87.7 Å². The number of rotatable bonds is 6. The molecule has 0 bridgehead atoms. The van der Waals surface area contributed by atoms with E-state index in [4.69, 9.17) is 4.74 Å².